The number of piperazine rings is 1. The van der Waals surface area contributed by atoms with Gasteiger partial charge in [-0.1, -0.05) is 12.1 Å². The Morgan fingerprint density at radius 2 is 1.96 bits per heavy atom. The van der Waals surface area contributed by atoms with Gasteiger partial charge in [-0.05, 0) is 24.6 Å². The lowest BCUT2D eigenvalue weighted by atomic mass is 10.1. The van der Waals surface area contributed by atoms with Gasteiger partial charge in [0.15, 0.2) is 0 Å². The van der Waals surface area contributed by atoms with Crippen molar-refractivity contribution in [3.8, 4) is 16.9 Å². The Hall–Kier alpha value is -2.18. The van der Waals surface area contributed by atoms with Crippen LogP contribution in [-0.2, 0) is 0 Å². The fourth-order valence-electron chi connectivity index (χ4n) is 3.09. The first kappa shape index (κ1) is 15.4. The number of hydrogen-bond donors (Lipinski definition) is 1. The molecule has 0 unspecified atom stereocenters. The van der Waals surface area contributed by atoms with Crippen LogP contribution in [0.3, 0.4) is 0 Å². The summed E-state index contributed by atoms with van der Waals surface area (Å²) in [6, 6.07) is 8.27. The lowest BCUT2D eigenvalue weighted by molar-refractivity contribution is 0.340. The Morgan fingerprint density at radius 3 is 2.71 bits per heavy atom. The molecule has 0 bridgehead atoms. The lowest BCUT2D eigenvalue weighted by Gasteiger charge is -2.29. The molecule has 0 aliphatic carbocycles. The summed E-state index contributed by atoms with van der Waals surface area (Å²) in [6.45, 7) is 6.62. The maximum Gasteiger partial charge on any atom is 0.141 e. The maximum absolute atomic E-state index is 5.55. The first-order chi connectivity index (χ1) is 11.9. The zero-order valence-corrected chi connectivity index (χ0v) is 14.5. The van der Waals surface area contributed by atoms with E-state index in [0.29, 0.717) is 6.61 Å². The smallest absolute Gasteiger partial charge is 0.141 e. The van der Waals surface area contributed by atoms with Gasteiger partial charge in [-0.15, -0.1) is 11.3 Å². The number of anilines is 1. The zero-order valence-electron chi connectivity index (χ0n) is 13.7. The SMILES string of the molecule is CCOc1ccc(-c2csc3ncnc(N4CCNCC4)c23)cc1. The van der Waals surface area contributed by atoms with Crippen LogP contribution in [-0.4, -0.2) is 42.8 Å². The van der Waals surface area contributed by atoms with E-state index in [9.17, 15) is 0 Å². The number of ether oxygens (including phenoxy) is 1. The minimum Gasteiger partial charge on any atom is -0.494 e. The summed E-state index contributed by atoms with van der Waals surface area (Å²) < 4.78 is 5.55. The Balaban J connectivity index is 1.78. The van der Waals surface area contributed by atoms with Crippen molar-refractivity contribution >= 4 is 27.4 Å². The van der Waals surface area contributed by atoms with Crippen LogP contribution in [0.15, 0.2) is 36.0 Å². The van der Waals surface area contributed by atoms with Crippen LogP contribution >= 0.6 is 11.3 Å². The number of hydrogen-bond acceptors (Lipinski definition) is 6. The molecule has 0 atom stereocenters. The van der Waals surface area contributed by atoms with Crippen LogP contribution in [0.4, 0.5) is 5.82 Å². The highest BCUT2D eigenvalue weighted by Crippen LogP contribution is 2.38. The third-order valence-corrected chi connectivity index (χ3v) is 5.13. The molecule has 6 heteroatoms. The van der Waals surface area contributed by atoms with E-state index in [2.05, 4.69) is 37.7 Å². The number of thiophene rings is 1. The molecule has 1 N–H and O–H groups in total. The number of nitrogens with one attached hydrogen (secondary N) is 1. The average molecular weight is 340 g/mol. The highest BCUT2D eigenvalue weighted by Gasteiger charge is 2.19. The Bertz CT molecular complexity index is 825. The van der Waals surface area contributed by atoms with Crippen molar-refractivity contribution in [2.24, 2.45) is 0 Å². The number of fused-ring (bicyclic) bond motifs is 1. The Morgan fingerprint density at radius 1 is 1.17 bits per heavy atom. The van der Waals surface area contributed by atoms with Gasteiger partial charge in [0.25, 0.3) is 0 Å². The molecule has 0 saturated carbocycles. The molecule has 24 heavy (non-hydrogen) atoms. The molecule has 3 heterocycles. The van der Waals surface area contributed by atoms with E-state index in [0.717, 1.165) is 48.0 Å². The highest BCUT2D eigenvalue weighted by atomic mass is 32.1. The van der Waals surface area contributed by atoms with Gasteiger partial charge >= 0.3 is 0 Å². The van der Waals surface area contributed by atoms with E-state index >= 15 is 0 Å². The second-order valence-corrected chi connectivity index (χ2v) is 6.58. The van der Waals surface area contributed by atoms with Crippen LogP contribution < -0.4 is 15.0 Å². The topological polar surface area (TPSA) is 50.3 Å². The quantitative estimate of drug-likeness (QED) is 0.790. The third-order valence-electron chi connectivity index (χ3n) is 4.24. The Labute approximate surface area is 145 Å². The molecule has 124 valence electrons. The van der Waals surface area contributed by atoms with E-state index in [4.69, 9.17) is 4.74 Å². The van der Waals surface area contributed by atoms with Crippen molar-refractivity contribution in [1.82, 2.24) is 15.3 Å². The minimum atomic E-state index is 0.682. The maximum atomic E-state index is 5.55. The van der Waals surface area contributed by atoms with Crippen LogP contribution in [0.2, 0.25) is 0 Å². The van der Waals surface area contributed by atoms with Gasteiger partial charge < -0.3 is 15.0 Å². The van der Waals surface area contributed by atoms with Gasteiger partial charge in [0.1, 0.15) is 22.7 Å². The van der Waals surface area contributed by atoms with E-state index in [-0.39, 0.29) is 0 Å². The number of nitrogens with zero attached hydrogens (tertiary/aromatic N) is 3. The highest BCUT2D eigenvalue weighted by molar-refractivity contribution is 7.17. The van der Waals surface area contributed by atoms with Crippen LogP contribution in [0.25, 0.3) is 21.3 Å². The van der Waals surface area contributed by atoms with Gasteiger partial charge in [0.2, 0.25) is 0 Å². The lowest BCUT2D eigenvalue weighted by Crippen LogP contribution is -2.44. The molecule has 0 spiro atoms. The minimum absolute atomic E-state index is 0.682. The molecular formula is C18H20N4OS. The number of rotatable bonds is 4. The van der Waals surface area contributed by atoms with Crippen molar-refractivity contribution in [2.75, 3.05) is 37.7 Å². The normalized spacial score (nSPS) is 15.0. The molecule has 0 radical (unpaired) electrons. The van der Waals surface area contributed by atoms with Crippen molar-refractivity contribution in [3.63, 3.8) is 0 Å². The molecule has 1 aliphatic rings. The van der Waals surface area contributed by atoms with E-state index in [1.165, 1.54) is 11.1 Å². The van der Waals surface area contributed by atoms with Crippen molar-refractivity contribution in [3.05, 3.63) is 36.0 Å². The van der Waals surface area contributed by atoms with Crippen molar-refractivity contribution in [2.45, 2.75) is 6.92 Å². The van der Waals surface area contributed by atoms with E-state index in [1.807, 2.05) is 19.1 Å². The average Bonchev–Trinajstić information content (AvgIpc) is 3.08. The molecule has 1 saturated heterocycles. The predicted octanol–water partition coefficient (Wildman–Crippen LogP) is 3.17. The molecule has 1 aromatic carbocycles. The summed E-state index contributed by atoms with van der Waals surface area (Å²) in [5, 5.41) is 6.74. The van der Waals surface area contributed by atoms with E-state index in [1.54, 1.807) is 17.7 Å². The summed E-state index contributed by atoms with van der Waals surface area (Å²) in [6.07, 6.45) is 1.68. The van der Waals surface area contributed by atoms with Gasteiger partial charge in [0, 0.05) is 37.1 Å². The van der Waals surface area contributed by atoms with Crippen LogP contribution in [0, 0.1) is 0 Å². The summed E-state index contributed by atoms with van der Waals surface area (Å²) in [4.78, 5) is 12.5. The first-order valence-electron chi connectivity index (χ1n) is 8.28. The fourth-order valence-corrected chi connectivity index (χ4v) is 4.00. The Kier molecular flexibility index (Phi) is 4.32. The molecule has 1 fully saturated rings. The molecule has 5 nitrogen and oxygen atoms in total. The van der Waals surface area contributed by atoms with Crippen LogP contribution in [0.1, 0.15) is 6.92 Å². The molecule has 1 aliphatic heterocycles. The zero-order chi connectivity index (χ0) is 16.4. The second kappa shape index (κ2) is 6.75. The molecular weight excluding hydrogens is 320 g/mol. The van der Waals surface area contributed by atoms with E-state index < -0.39 is 0 Å². The summed E-state index contributed by atoms with van der Waals surface area (Å²) in [5.41, 5.74) is 2.38. The van der Waals surface area contributed by atoms with Gasteiger partial charge in [-0.3, -0.25) is 0 Å². The van der Waals surface area contributed by atoms with Gasteiger partial charge in [-0.2, -0.15) is 0 Å². The molecule has 4 rings (SSSR count). The second-order valence-electron chi connectivity index (χ2n) is 5.72. The number of aromatic nitrogens is 2. The standard InChI is InChI=1S/C18H20N4OS/c1-2-23-14-5-3-13(4-6-14)15-11-24-18-16(15)17(20-12-21-18)22-9-7-19-8-10-22/h3-6,11-12,19H,2,7-10H2,1H3. The predicted molar refractivity (Wildman–Crippen MR) is 99.1 cm³/mol. The largest absolute Gasteiger partial charge is 0.494 e. The van der Waals surface area contributed by atoms with Crippen molar-refractivity contribution in [1.29, 1.82) is 0 Å². The number of benzene rings is 1. The summed E-state index contributed by atoms with van der Waals surface area (Å²) in [7, 11) is 0. The van der Waals surface area contributed by atoms with Crippen molar-refractivity contribution < 1.29 is 4.74 Å². The molecule has 0 amide bonds. The van der Waals surface area contributed by atoms with Gasteiger partial charge in [0.05, 0.1) is 12.0 Å². The molecule has 3 aromatic rings. The monoisotopic (exact) mass is 340 g/mol. The summed E-state index contributed by atoms with van der Waals surface area (Å²) >= 11 is 1.68. The molecule has 2 aromatic heterocycles. The van der Waals surface area contributed by atoms with Gasteiger partial charge in [-0.25, -0.2) is 9.97 Å². The fraction of sp³-hybridized carbons (Fsp3) is 0.333. The summed E-state index contributed by atoms with van der Waals surface area (Å²) in [5.74, 6) is 1.95. The first-order valence-corrected chi connectivity index (χ1v) is 9.16. The van der Waals surface area contributed by atoms with Crippen LogP contribution in [0.5, 0.6) is 5.75 Å². The third kappa shape index (κ3) is 2.83.